The molecule has 0 spiro atoms. The van der Waals surface area contributed by atoms with E-state index in [1.165, 1.54) is 11.8 Å². The first-order chi connectivity index (χ1) is 5.70. The van der Waals surface area contributed by atoms with Gasteiger partial charge < -0.3 is 5.32 Å². The lowest BCUT2D eigenvalue weighted by Crippen LogP contribution is -2.13. The Morgan fingerprint density at radius 2 is 2.50 bits per heavy atom. The van der Waals surface area contributed by atoms with Crippen molar-refractivity contribution in [2.45, 2.75) is 6.42 Å². The summed E-state index contributed by atoms with van der Waals surface area (Å²) < 4.78 is 0. The molecule has 0 fully saturated rings. The van der Waals surface area contributed by atoms with Gasteiger partial charge in [-0.2, -0.15) is 0 Å². The van der Waals surface area contributed by atoms with Crippen LogP contribution in [0.3, 0.4) is 0 Å². The third-order valence-electron chi connectivity index (χ3n) is 1.05. The lowest BCUT2D eigenvalue weighted by Gasteiger charge is -2.03. The van der Waals surface area contributed by atoms with Gasteiger partial charge in [0.15, 0.2) is 0 Å². The van der Waals surface area contributed by atoms with Crippen molar-refractivity contribution in [3.05, 3.63) is 21.3 Å². The van der Waals surface area contributed by atoms with Gasteiger partial charge in [0.25, 0.3) is 6.20 Å². The van der Waals surface area contributed by atoms with Gasteiger partial charge in [0, 0.05) is 11.9 Å². The van der Waals surface area contributed by atoms with Crippen molar-refractivity contribution < 1.29 is 4.92 Å². The Bertz CT molecular complexity index is 175. The molecule has 0 aromatic carbocycles. The molecule has 0 atom stereocenters. The Morgan fingerprint density at radius 3 is 2.92 bits per heavy atom. The lowest BCUT2D eigenvalue weighted by atomic mass is 10.5. The molecule has 70 valence electrons. The molecule has 0 unspecified atom stereocenters. The maximum absolute atomic E-state index is 10.1. The number of hydrogen-bond acceptors (Lipinski definition) is 4. The van der Waals surface area contributed by atoms with E-state index < -0.39 is 4.92 Å². The predicted octanol–water partition coefficient (Wildman–Crippen LogP) is 1.80. The predicted molar refractivity (Wildman–Crippen MR) is 55.0 cm³/mol. The summed E-state index contributed by atoms with van der Waals surface area (Å²) in [5.41, 5.74) is 0. The fourth-order valence-corrected chi connectivity index (χ4v) is 1.26. The summed E-state index contributed by atoms with van der Waals surface area (Å²) in [6.45, 7) is 0.756. The fourth-order valence-electron chi connectivity index (χ4n) is 0.545. The highest BCUT2D eigenvalue weighted by molar-refractivity contribution is 9.09. The Labute approximate surface area is 84.1 Å². The minimum absolute atomic E-state index is 0.451. The minimum Gasteiger partial charge on any atom is -0.375 e. The quantitative estimate of drug-likeness (QED) is 0.340. The largest absolute Gasteiger partial charge is 0.375 e. The second-order valence-electron chi connectivity index (χ2n) is 1.95. The molecule has 0 aromatic rings. The number of rotatable bonds is 6. The molecule has 0 rings (SSSR count). The van der Waals surface area contributed by atoms with E-state index in [9.17, 15) is 10.1 Å². The molecule has 0 radical (unpaired) electrons. The number of hydrogen-bond donors (Lipinski definition) is 1. The fraction of sp³-hybridized carbons (Fsp3) is 0.667. The molecule has 6 heteroatoms. The van der Waals surface area contributed by atoms with E-state index in [0.29, 0.717) is 5.03 Å². The molecule has 0 saturated carbocycles. The number of halogens is 1. The topological polar surface area (TPSA) is 55.2 Å². The van der Waals surface area contributed by atoms with Crippen LogP contribution in [0.2, 0.25) is 0 Å². The highest BCUT2D eigenvalue weighted by Gasteiger charge is 1.98. The van der Waals surface area contributed by atoms with Gasteiger partial charge in [0.1, 0.15) is 5.03 Å². The smallest absolute Gasteiger partial charge is 0.263 e. The summed E-state index contributed by atoms with van der Waals surface area (Å²) in [6.07, 6.45) is 3.74. The molecule has 0 aliphatic carbocycles. The van der Waals surface area contributed by atoms with E-state index in [2.05, 4.69) is 21.2 Å². The summed E-state index contributed by atoms with van der Waals surface area (Å²) in [4.78, 5) is 9.62. The molecule has 0 amide bonds. The maximum Gasteiger partial charge on any atom is 0.263 e. The second kappa shape index (κ2) is 7.42. The third-order valence-corrected chi connectivity index (χ3v) is 2.30. The number of alkyl halides is 1. The van der Waals surface area contributed by atoms with Gasteiger partial charge in [0.05, 0.1) is 4.92 Å². The highest BCUT2D eigenvalue weighted by Crippen LogP contribution is 2.06. The van der Waals surface area contributed by atoms with Gasteiger partial charge in [-0.15, -0.1) is 11.8 Å². The summed E-state index contributed by atoms with van der Waals surface area (Å²) in [7, 11) is 0. The van der Waals surface area contributed by atoms with Crippen LogP contribution in [0.5, 0.6) is 0 Å². The van der Waals surface area contributed by atoms with Gasteiger partial charge in [0.2, 0.25) is 0 Å². The molecule has 0 aliphatic heterocycles. The van der Waals surface area contributed by atoms with Crippen LogP contribution in [0.25, 0.3) is 0 Å². The Hall–Kier alpha value is -0.230. The van der Waals surface area contributed by atoms with Crippen LogP contribution in [0.4, 0.5) is 0 Å². The normalized spacial score (nSPS) is 11.3. The van der Waals surface area contributed by atoms with Crippen molar-refractivity contribution in [1.29, 1.82) is 0 Å². The standard InChI is InChI=1S/C6H11BrN2O2S/c1-12-6(5-9(10)11)8-4-2-3-7/h5,8H,2-4H2,1H3. The monoisotopic (exact) mass is 254 g/mol. The van der Waals surface area contributed by atoms with E-state index in [-0.39, 0.29) is 0 Å². The van der Waals surface area contributed by atoms with Gasteiger partial charge >= 0.3 is 0 Å². The van der Waals surface area contributed by atoms with Crippen molar-refractivity contribution in [1.82, 2.24) is 5.32 Å². The molecule has 0 saturated heterocycles. The van der Waals surface area contributed by atoms with Gasteiger partial charge in [-0.3, -0.25) is 10.1 Å². The molecule has 0 bridgehead atoms. The van der Waals surface area contributed by atoms with Crippen LogP contribution in [-0.2, 0) is 0 Å². The van der Waals surface area contributed by atoms with Crippen molar-refractivity contribution in [2.24, 2.45) is 0 Å². The SMILES string of the molecule is CSC(=C[N+](=O)[O-])NCCCBr. The van der Waals surface area contributed by atoms with Crippen LogP contribution in [0.1, 0.15) is 6.42 Å². The molecule has 12 heavy (non-hydrogen) atoms. The van der Waals surface area contributed by atoms with Gasteiger partial charge in [-0.1, -0.05) is 15.9 Å². The van der Waals surface area contributed by atoms with Crippen LogP contribution in [0.15, 0.2) is 11.2 Å². The minimum atomic E-state index is -0.451. The van der Waals surface area contributed by atoms with Crippen molar-refractivity contribution in [3.8, 4) is 0 Å². The number of thioether (sulfide) groups is 1. The van der Waals surface area contributed by atoms with Gasteiger partial charge in [-0.25, -0.2) is 0 Å². The number of nitrogens with one attached hydrogen (secondary N) is 1. The first kappa shape index (κ1) is 11.8. The molecule has 0 heterocycles. The zero-order chi connectivity index (χ0) is 9.40. The van der Waals surface area contributed by atoms with E-state index in [0.717, 1.165) is 24.5 Å². The molecule has 4 nitrogen and oxygen atoms in total. The molecule has 1 N–H and O–H groups in total. The van der Waals surface area contributed by atoms with Crippen molar-refractivity contribution >= 4 is 27.7 Å². The highest BCUT2D eigenvalue weighted by atomic mass is 79.9. The summed E-state index contributed by atoms with van der Waals surface area (Å²) in [5, 5.41) is 14.5. The van der Waals surface area contributed by atoms with E-state index in [4.69, 9.17) is 0 Å². The second-order valence-corrected chi connectivity index (χ2v) is 3.59. The van der Waals surface area contributed by atoms with Crippen LogP contribution in [0, 0.1) is 10.1 Å². The van der Waals surface area contributed by atoms with Gasteiger partial charge in [-0.05, 0) is 12.7 Å². The molecular formula is C6H11BrN2O2S. The molecule has 0 aromatic heterocycles. The Morgan fingerprint density at radius 1 is 1.83 bits per heavy atom. The third kappa shape index (κ3) is 6.48. The number of nitro groups is 1. The maximum atomic E-state index is 10.1. The zero-order valence-corrected chi connectivity index (χ0v) is 9.15. The molecule has 0 aliphatic rings. The molecular weight excluding hydrogens is 244 g/mol. The zero-order valence-electron chi connectivity index (χ0n) is 6.75. The van der Waals surface area contributed by atoms with Crippen LogP contribution >= 0.6 is 27.7 Å². The summed E-state index contributed by atoms with van der Waals surface area (Å²) in [6, 6.07) is 0. The first-order valence-corrected chi connectivity index (χ1v) is 5.74. The first-order valence-electron chi connectivity index (χ1n) is 3.40. The Kier molecular flexibility index (Phi) is 7.28. The Balaban J connectivity index is 3.75. The number of nitrogens with zero attached hydrogens (tertiary/aromatic N) is 1. The van der Waals surface area contributed by atoms with Crippen molar-refractivity contribution in [3.63, 3.8) is 0 Å². The van der Waals surface area contributed by atoms with E-state index in [1.807, 2.05) is 0 Å². The van der Waals surface area contributed by atoms with E-state index in [1.54, 1.807) is 6.26 Å². The van der Waals surface area contributed by atoms with Crippen LogP contribution in [-0.4, -0.2) is 23.1 Å². The average molecular weight is 255 g/mol. The van der Waals surface area contributed by atoms with Crippen LogP contribution < -0.4 is 5.32 Å². The van der Waals surface area contributed by atoms with Crippen molar-refractivity contribution in [2.75, 3.05) is 18.1 Å². The average Bonchev–Trinajstić information content (AvgIpc) is 2.02. The summed E-state index contributed by atoms with van der Waals surface area (Å²) in [5.74, 6) is 0. The lowest BCUT2D eigenvalue weighted by molar-refractivity contribution is -0.403. The summed E-state index contributed by atoms with van der Waals surface area (Å²) >= 11 is 4.61. The van der Waals surface area contributed by atoms with E-state index >= 15 is 0 Å².